The normalized spacial score (nSPS) is 27.2. The first-order chi connectivity index (χ1) is 21.7. The second-order valence-corrected chi connectivity index (χ2v) is 13.2. The molecule has 5 aliphatic rings. The van der Waals surface area contributed by atoms with Crippen LogP contribution in [0.5, 0.6) is 11.5 Å². The largest absolute Gasteiger partial charge is 0.503 e. The number of amides is 2. The molecule has 2 fully saturated rings. The molecule has 1 N–H and O–H groups in total. The van der Waals surface area contributed by atoms with E-state index >= 15 is 0 Å². The van der Waals surface area contributed by atoms with Gasteiger partial charge in [0.15, 0.2) is 23.1 Å². The predicted octanol–water partition coefficient (Wildman–Crippen LogP) is 5.15. The Morgan fingerprint density at radius 1 is 1.00 bits per heavy atom. The summed E-state index contributed by atoms with van der Waals surface area (Å²) in [6.45, 7) is 4.05. The molecule has 8 nitrogen and oxygen atoms in total. The Bertz CT molecular complexity index is 1720. The summed E-state index contributed by atoms with van der Waals surface area (Å²) in [6.07, 6.45) is 5.40. The number of fused-ring (bicyclic) bond motifs is 3. The first-order valence-electron chi connectivity index (χ1n) is 15.6. The van der Waals surface area contributed by atoms with Crippen LogP contribution in [0.25, 0.3) is 0 Å². The topological polar surface area (TPSA) is 104 Å². The Balaban J connectivity index is 1.21. The molecule has 2 aromatic rings. The Kier molecular flexibility index (Phi) is 7.53. The minimum atomic E-state index is -0.661. The smallest absolute Gasteiger partial charge is 0.233 e. The Labute approximate surface area is 267 Å². The van der Waals surface area contributed by atoms with Gasteiger partial charge in [0.05, 0.1) is 24.0 Å². The van der Waals surface area contributed by atoms with E-state index < -0.39 is 23.7 Å². The van der Waals surface area contributed by atoms with E-state index in [2.05, 4.69) is 17.0 Å². The zero-order chi connectivity index (χ0) is 31.6. The van der Waals surface area contributed by atoms with Crippen LogP contribution >= 0.6 is 11.6 Å². The number of aromatic hydroxyl groups is 1. The van der Waals surface area contributed by atoms with E-state index in [1.165, 1.54) is 23.6 Å². The van der Waals surface area contributed by atoms with Gasteiger partial charge >= 0.3 is 0 Å². The zero-order valence-corrected chi connectivity index (χ0v) is 26.0. The van der Waals surface area contributed by atoms with Crippen LogP contribution < -0.4 is 4.74 Å². The molecule has 3 aliphatic carbocycles. The van der Waals surface area contributed by atoms with Crippen molar-refractivity contribution in [3.63, 3.8) is 0 Å². The van der Waals surface area contributed by atoms with Crippen molar-refractivity contribution in [1.29, 1.82) is 0 Å². The number of allylic oxidation sites excluding steroid dienone is 6. The molecule has 0 spiro atoms. The molecule has 0 radical (unpaired) electrons. The molecule has 0 saturated carbocycles. The van der Waals surface area contributed by atoms with E-state index in [9.17, 15) is 24.3 Å². The van der Waals surface area contributed by atoms with Crippen LogP contribution in [0.1, 0.15) is 49.7 Å². The molecule has 9 heteroatoms. The number of rotatable bonds is 5. The van der Waals surface area contributed by atoms with Gasteiger partial charge in [-0.25, -0.2) is 0 Å². The van der Waals surface area contributed by atoms with E-state index in [-0.39, 0.29) is 52.4 Å². The summed E-state index contributed by atoms with van der Waals surface area (Å²) in [5.41, 5.74) is 3.79. The average molecular weight is 627 g/mol. The van der Waals surface area contributed by atoms with Crippen molar-refractivity contribution in [3.05, 3.63) is 93.1 Å². The van der Waals surface area contributed by atoms with Crippen molar-refractivity contribution in [3.8, 4) is 11.5 Å². The van der Waals surface area contributed by atoms with Crippen LogP contribution in [0.4, 0.5) is 0 Å². The van der Waals surface area contributed by atoms with Gasteiger partial charge in [0.1, 0.15) is 0 Å². The third kappa shape index (κ3) is 4.86. The molecule has 2 heterocycles. The van der Waals surface area contributed by atoms with Gasteiger partial charge in [0, 0.05) is 48.3 Å². The highest BCUT2D eigenvalue weighted by Gasteiger charge is 2.57. The highest BCUT2D eigenvalue weighted by Crippen LogP contribution is 2.56. The SMILES string of the molecule is COc1cc(C2C3=CCC4C(=O)N(C5CCN(Cc6ccccc6)CC5)C(=O)C4C3CC3=C2C(=O)C=C(C)C3=O)cc(Cl)c1O. The Morgan fingerprint density at radius 3 is 2.44 bits per heavy atom. The van der Waals surface area contributed by atoms with Crippen molar-refractivity contribution >= 4 is 35.0 Å². The van der Waals surface area contributed by atoms with Gasteiger partial charge in [-0.3, -0.25) is 29.0 Å². The lowest BCUT2D eigenvalue weighted by molar-refractivity contribution is -0.144. The fourth-order valence-corrected chi connectivity index (χ4v) is 8.46. The van der Waals surface area contributed by atoms with Crippen LogP contribution in [-0.2, 0) is 25.7 Å². The molecule has 0 aromatic heterocycles. The van der Waals surface area contributed by atoms with Crippen LogP contribution in [0.3, 0.4) is 0 Å². The van der Waals surface area contributed by atoms with E-state index in [4.69, 9.17) is 16.3 Å². The number of methoxy groups -OCH3 is 1. The van der Waals surface area contributed by atoms with Gasteiger partial charge in [-0.1, -0.05) is 53.6 Å². The van der Waals surface area contributed by atoms with Gasteiger partial charge in [-0.15, -0.1) is 0 Å². The Hall–Kier alpha value is -4.01. The van der Waals surface area contributed by atoms with Crippen LogP contribution in [0, 0.1) is 17.8 Å². The summed E-state index contributed by atoms with van der Waals surface area (Å²) in [6, 6.07) is 13.3. The van der Waals surface area contributed by atoms with Crippen LogP contribution in [0.2, 0.25) is 5.02 Å². The number of nitrogens with zero attached hydrogens (tertiary/aromatic N) is 2. The number of ketones is 2. The van der Waals surface area contributed by atoms with Gasteiger partial charge in [0.2, 0.25) is 11.8 Å². The third-order valence-electron chi connectivity index (χ3n) is 10.4. The van der Waals surface area contributed by atoms with Crippen molar-refractivity contribution < 1.29 is 29.0 Å². The van der Waals surface area contributed by atoms with Gasteiger partial charge in [-0.05, 0) is 67.9 Å². The molecule has 2 aliphatic heterocycles. The highest BCUT2D eigenvalue weighted by molar-refractivity contribution is 6.32. The molecule has 2 aromatic carbocycles. The molecule has 4 atom stereocenters. The standard InChI is InChI=1S/C36H35ClN2O6/c1-19-14-28(40)32-26(33(19)41)17-25-23(30(32)21-15-27(37)34(42)29(16-21)45-2)8-9-24-31(25)36(44)39(35(24)43)22-10-12-38(13-11-22)18-20-6-4-3-5-7-20/h3-8,14-16,22,24-25,30-31,42H,9-13,17-18H2,1-2H3. The number of halogens is 1. The Morgan fingerprint density at radius 2 is 1.73 bits per heavy atom. The molecule has 2 saturated heterocycles. The number of ether oxygens (including phenoxy) is 1. The lowest BCUT2D eigenvalue weighted by Crippen LogP contribution is -2.47. The maximum absolute atomic E-state index is 14.3. The number of carbonyl (C=O) groups excluding carboxylic acids is 4. The number of hydrogen-bond acceptors (Lipinski definition) is 7. The number of piperidine rings is 1. The van der Waals surface area contributed by atoms with Gasteiger partial charge < -0.3 is 9.84 Å². The molecule has 45 heavy (non-hydrogen) atoms. The molecule has 232 valence electrons. The molecule has 0 bridgehead atoms. The second-order valence-electron chi connectivity index (χ2n) is 12.8. The first kappa shape index (κ1) is 29.7. The fraction of sp³-hybridized carbons (Fsp3) is 0.389. The predicted molar refractivity (Wildman–Crippen MR) is 168 cm³/mol. The lowest BCUT2D eigenvalue weighted by Gasteiger charge is -2.42. The van der Waals surface area contributed by atoms with E-state index in [1.807, 2.05) is 24.3 Å². The van der Waals surface area contributed by atoms with Crippen LogP contribution in [-0.4, -0.2) is 64.5 Å². The van der Waals surface area contributed by atoms with Crippen molar-refractivity contribution in [1.82, 2.24) is 9.80 Å². The molecular weight excluding hydrogens is 592 g/mol. The van der Waals surface area contributed by atoms with E-state index in [1.54, 1.807) is 19.1 Å². The maximum Gasteiger partial charge on any atom is 0.233 e. The van der Waals surface area contributed by atoms with E-state index in [0.717, 1.165) is 38.0 Å². The van der Waals surface area contributed by atoms with Gasteiger partial charge in [0.25, 0.3) is 0 Å². The molecular formula is C36H35ClN2O6. The average Bonchev–Trinajstić information content (AvgIpc) is 3.30. The van der Waals surface area contributed by atoms with Crippen molar-refractivity contribution in [2.45, 2.75) is 51.1 Å². The lowest BCUT2D eigenvalue weighted by atomic mass is 9.59. The van der Waals surface area contributed by atoms with Crippen molar-refractivity contribution in [2.75, 3.05) is 20.2 Å². The summed E-state index contributed by atoms with van der Waals surface area (Å²) in [4.78, 5) is 59.2. The number of phenolic OH excluding ortho intramolecular Hbond substituents is 1. The number of imide groups is 1. The second kappa shape index (κ2) is 11.4. The summed E-state index contributed by atoms with van der Waals surface area (Å²) in [5.74, 6) is -3.04. The first-order valence-corrected chi connectivity index (χ1v) is 16.0. The summed E-state index contributed by atoms with van der Waals surface area (Å²) in [7, 11) is 1.42. The minimum absolute atomic E-state index is 0.0566. The summed E-state index contributed by atoms with van der Waals surface area (Å²) in [5, 5.41) is 10.5. The molecule has 7 rings (SSSR count). The maximum atomic E-state index is 14.3. The number of Topliss-reactive ketones (excluding diaryl/α,β-unsaturated/α-hetero) is 1. The number of benzene rings is 2. The fourth-order valence-electron chi connectivity index (χ4n) is 8.24. The summed E-state index contributed by atoms with van der Waals surface area (Å²) >= 11 is 6.41. The highest BCUT2D eigenvalue weighted by atomic mass is 35.5. The quantitative estimate of drug-likeness (QED) is 0.278. The van der Waals surface area contributed by atoms with Crippen LogP contribution in [0.15, 0.2) is 76.9 Å². The zero-order valence-electron chi connectivity index (χ0n) is 25.3. The molecule has 2 amide bonds. The molecule has 4 unspecified atom stereocenters. The third-order valence-corrected chi connectivity index (χ3v) is 10.7. The van der Waals surface area contributed by atoms with Gasteiger partial charge in [-0.2, -0.15) is 0 Å². The number of likely N-dealkylation sites (tertiary alicyclic amines) is 2. The summed E-state index contributed by atoms with van der Waals surface area (Å²) < 4.78 is 5.37. The van der Waals surface area contributed by atoms with E-state index in [0.29, 0.717) is 28.7 Å². The number of hydrogen-bond donors (Lipinski definition) is 1. The number of carbonyl (C=O) groups is 4. The number of phenols is 1. The van der Waals surface area contributed by atoms with Crippen molar-refractivity contribution in [2.24, 2.45) is 17.8 Å². The monoisotopic (exact) mass is 626 g/mol. The minimum Gasteiger partial charge on any atom is -0.503 e.